The van der Waals surface area contributed by atoms with Crippen LogP contribution in [0.4, 0.5) is 33.5 Å². The maximum atomic E-state index is 15.0. The van der Waals surface area contributed by atoms with Gasteiger partial charge in [-0.2, -0.15) is 9.67 Å². The predicted molar refractivity (Wildman–Crippen MR) is 129 cm³/mol. The Hall–Kier alpha value is -4.00. The van der Waals surface area contributed by atoms with E-state index in [0.29, 0.717) is 51.0 Å². The van der Waals surface area contributed by atoms with Crippen molar-refractivity contribution < 1.29 is 13.9 Å². The minimum atomic E-state index is -0.422. The summed E-state index contributed by atoms with van der Waals surface area (Å²) < 4.78 is 21.7. The van der Waals surface area contributed by atoms with Crippen LogP contribution in [0.1, 0.15) is 6.92 Å². The third kappa shape index (κ3) is 4.94. The zero-order chi connectivity index (χ0) is 24.4. The maximum absolute atomic E-state index is 15.0. The van der Waals surface area contributed by atoms with Crippen molar-refractivity contribution in [2.45, 2.75) is 6.92 Å². The van der Waals surface area contributed by atoms with Gasteiger partial charge in [-0.25, -0.2) is 14.4 Å². The first-order valence-electron chi connectivity index (χ1n) is 11.4. The molecule has 0 bridgehead atoms. The summed E-state index contributed by atoms with van der Waals surface area (Å²) in [4.78, 5) is 30.5. The number of nitrogens with two attached hydrogens (primary N) is 1. The highest BCUT2D eigenvalue weighted by Crippen LogP contribution is 2.26. The van der Waals surface area contributed by atoms with E-state index in [1.165, 1.54) is 17.1 Å². The number of nitrogens with one attached hydrogen (secondary N) is 1. The molecule has 0 aliphatic carbocycles. The maximum Gasteiger partial charge on any atom is 0.241 e. The van der Waals surface area contributed by atoms with Gasteiger partial charge in [-0.15, -0.1) is 5.10 Å². The minimum Gasteiger partial charge on any atom is -0.378 e. The van der Waals surface area contributed by atoms with Crippen LogP contribution in [0.5, 0.6) is 0 Å². The Balaban J connectivity index is 1.35. The summed E-state index contributed by atoms with van der Waals surface area (Å²) in [5, 5.41) is 7.21. The average molecular weight is 483 g/mol. The lowest BCUT2D eigenvalue weighted by Gasteiger charge is -2.34. The fourth-order valence-electron chi connectivity index (χ4n) is 4.19. The molecule has 1 amide bonds. The molecular formula is C22H27FN10O2. The second kappa shape index (κ2) is 9.70. The molecule has 2 fully saturated rings. The fraction of sp³-hybridized carbons (Fsp3) is 0.409. The van der Waals surface area contributed by atoms with Crippen molar-refractivity contribution >= 4 is 35.0 Å². The normalized spacial score (nSPS) is 16.5. The van der Waals surface area contributed by atoms with E-state index >= 15 is 0 Å². The van der Waals surface area contributed by atoms with E-state index in [0.717, 1.165) is 18.8 Å². The first-order chi connectivity index (χ1) is 17.0. The lowest BCUT2D eigenvalue weighted by atomic mass is 10.2. The van der Waals surface area contributed by atoms with Crippen molar-refractivity contribution in [2.75, 3.05) is 73.3 Å². The number of amides is 1. The van der Waals surface area contributed by atoms with Crippen LogP contribution in [-0.4, -0.2) is 88.0 Å². The van der Waals surface area contributed by atoms with Crippen molar-refractivity contribution in [3.63, 3.8) is 0 Å². The molecule has 2 aliphatic heterocycles. The summed E-state index contributed by atoms with van der Waals surface area (Å²) in [7, 11) is 0. The van der Waals surface area contributed by atoms with Crippen molar-refractivity contribution in [3.05, 3.63) is 36.4 Å². The highest BCUT2D eigenvalue weighted by Gasteiger charge is 2.21. The molecule has 0 radical (unpaired) electrons. The van der Waals surface area contributed by atoms with E-state index in [4.69, 9.17) is 10.5 Å². The van der Waals surface area contributed by atoms with Crippen LogP contribution < -0.4 is 20.9 Å². The van der Waals surface area contributed by atoms with E-state index in [1.807, 2.05) is 6.07 Å². The number of rotatable bonds is 5. The van der Waals surface area contributed by atoms with Gasteiger partial charge in [0.15, 0.2) is 5.82 Å². The number of morpholine rings is 1. The summed E-state index contributed by atoms with van der Waals surface area (Å²) in [6, 6.07) is 6.77. The SMILES string of the molecule is CC(=O)N1CCN(c2cc(-n3nc(N)nc3Nc3ccc(N4CCOCC4)cc3F)ncn2)CC1. The standard InChI is InChI=1S/C22H27FN10O2/c1-15(34)30-4-6-32(7-5-30)19-13-20(26-14-25-19)33-22(28-21(24)29-33)27-18-3-2-16(12-17(18)23)31-8-10-35-11-9-31/h2-3,12-14H,4-11H2,1H3,(H3,24,27,28,29). The van der Waals surface area contributed by atoms with E-state index < -0.39 is 5.82 Å². The Kier molecular flexibility index (Phi) is 6.31. The Bertz CT molecular complexity index is 1200. The van der Waals surface area contributed by atoms with Crippen LogP contribution in [0.2, 0.25) is 0 Å². The Morgan fingerprint density at radius 3 is 2.49 bits per heavy atom. The molecule has 2 saturated heterocycles. The first kappa shape index (κ1) is 22.8. The molecule has 0 atom stereocenters. The third-order valence-electron chi connectivity index (χ3n) is 6.10. The highest BCUT2D eigenvalue weighted by molar-refractivity contribution is 5.73. The van der Waals surface area contributed by atoms with Crippen molar-refractivity contribution in [1.82, 2.24) is 29.6 Å². The van der Waals surface area contributed by atoms with Gasteiger partial charge < -0.3 is 30.5 Å². The molecule has 4 heterocycles. The molecule has 35 heavy (non-hydrogen) atoms. The quantitative estimate of drug-likeness (QED) is 0.544. The molecule has 3 aromatic rings. The number of hydrogen-bond acceptors (Lipinski definition) is 10. The van der Waals surface area contributed by atoms with E-state index in [1.54, 1.807) is 24.0 Å². The molecule has 0 saturated carbocycles. The van der Waals surface area contributed by atoms with Crippen LogP contribution >= 0.6 is 0 Å². The van der Waals surface area contributed by atoms with Crippen molar-refractivity contribution in [1.29, 1.82) is 0 Å². The number of carbonyl (C=O) groups is 1. The number of halogens is 1. The third-order valence-corrected chi connectivity index (χ3v) is 6.10. The molecule has 5 rings (SSSR count). The van der Waals surface area contributed by atoms with Crippen LogP contribution in [-0.2, 0) is 9.53 Å². The number of anilines is 5. The zero-order valence-corrected chi connectivity index (χ0v) is 19.4. The Morgan fingerprint density at radius 2 is 1.77 bits per heavy atom. The van der Waals surface area contributed by atoms with E-state index in [2.05, 4.69) is 35.2 Å². The number of hydrogen-bond donors (Lipinski definition) is 2. The second-order valence-electron chi connectivity index (χ2n) is 8.32. The van der Waals surface area contributed by atoms with Gasteiger partial charge in [-0.1, -0.05) is 0 Å². The molecule has 3 N–H and O–H groups in total. The number of aromatic nitrogens is 5. The van der Waals surface area contributed by atoms with Gasteiger partial charge in [0.25, 0.3) is 0 Å². The summed E-state index contributed by atoms with van der Waals surface area (Å²) >= 11 is 0. The topological polar surface area (TPSA) is 131 Å². The first-order valence-corrected chi connectivity index (χ1v) is 11.4. The Morgan fingerprint density at radius 1 is 1.03 bits per heavy atom. The summed E-state index contributed by atoms with van der Waals surface area (Å²) in [6.07, 6.45) is 1.43. The molecule has 1 aromatic carbocycles. The minimum absolute atomic E-state index is 0.0214. The fourth-order valence-corrected chi connectivity index (χ4v) is 4.19. The lowest BCUT2D eigenvalue weighted by molar-refractivity contribution is -0.129. The van der Waals surface area contributed by atoms with Crippen molar-refractivity contribution in [2.24, 2.45) is 0 Å². The van der Waals surface area contributed by atoms with E-state index in [9.17, 15) is 9.18 Å². The molecule has 12 nitrogen and oxygen atoms in total. The highest BCUT2D eigenvalue weighted by atomic mass is 19.1. The summed E-state index contributed by atoms with van der Waals surface area (Å²) in [5.74, 6) is 1.01. The van der Waals surface area contributed by atoms with E-state index in [-0.39, 0.29) is 23.5 Å². The Labute approximate surface area is 201 Å². The monoisotopic (exact) mass is 482 g/mol. The number of benzene rings is 1. The number of nitrogens with zero attached hydrogens (tertiary/aromatic N) is 8. The predicted octanol–water partition coefficient (Wildman–Crippen LogP) is 1.03. The number of nitrogen functional groups attached to an aromatic ring is 1. The number of ether oxygens (including phenoxy) is 1. The molecule has 2 aromatic heterocycles. The molecule has 0 spiro atoms. The molecule has 0 unspecified atom stereocenters. The average Bonchev–Trinajstić information content (AvgIpc) is 3.26. The van der Waals surface area contributed by atoms with Gasteiger partial charge in [-0.05, 0) is 18.2 Å². The van der Waals surface area contributed by atoms with Gasteiger partial charge in [0.1, 0.15) is 18.0 Å². The van der Waals surface area contributed by atoms with Crippen LogP contribution in [0.3, 0.4) is 0 Å². The zero-order valence-electron chi connectivity index (χ0n) is 19.4. The van der Waals surface area contributed by atoms with Crippen LogP contribution in [0.25, 0.3) is 5.82 Å². The number of carbonyl (C=O) groups excluding carboxylic acids is 1. The lowest BCUT2D eigenvalue weighted by Crippen LogP contribution is -2.48. The second-order valence-corrected chi connectivity index (χ2v) is 8.32. The summed E-state index contributed by atoms with van der Waals surface area (Å²) in [5.41, 5.74) is 6.90. The molecule has 2 aliphatic rings. The number of piperazine rings is 1. The van der Waals surface area contributed by atoms with Crippen LogP contribution in [0, 0.1) is 5.82 Å². The van der Waals surface area contributed by atoms with Gasteiger partial charge in [0.05, 0.1) is 18.9 Å². The molecular weight excluding hydrogens is 455 g/mol. The smallest absolute Gasteiger partial charge is 0.241 e. The largest absolute Gasteiger partial charge is 0.378 e. The van der Waals surface area contributed by atoms with Crippen molar-refractivity contribution in [3.8, 4) is 5.82 Å². The van der Waals surface area contributed by atoms with Gasteiger partial charge in [-0.3, -0.25) is 4.79 Å². The molecule has 184 valence electrons. The van der Waals surface area contributed by atoms with Crippen LogP contribution in [0.15, 0.2) is 30.6 Å². The summed E-state index contributed by atoms with van der Waals surface area (Å²) in [6.45, 7) is 6.81. The van der Waals surface area contributed by atoms with Gasteiger partial charge >= 0.3 is 0 Å². The van der Waals surface area contributed by atoms with Gasteiger partial charge in [0, 0.05) is 57.9 Å². The molecule has 13 heteroatoms. The van der Waals surface area contributed by atoms with Gasteiger partial charge in [0.2, 0.25) is 17.8 Å².